The van der Waals surface area contributed by atoms with Crippen LogP contribution in [-0.2, 0) is 14.3 Å². The lowest BCUT2D eigenvalue weighted by molar-refractivity contribution is -0.139. The second-order valence-electron chi connectivity index (χ2n) is 4.75. The third-order valence-corrected chi connectivity index (χ3v) is 3.14. The fourth-order valence-corrected chi connectivity index (χ4v) is 1.92. The lowest BCUT2D eigenvalue weighted by Gasteiger charge is -2.25. The van der Waals surface area contributed by atoms with E-state index in [2.05, 4.69) is 0 Å². The average molecular weight is 311 g/mol. The zero-order valence-corrected chi connectivity index (χ0v) is 13.7. The van der Waals surface area contributed by atoms with Crippen molar-refractivity contribution in [3.05, 3.63) is 24.3 Å². The van der Waals surface area contributed by atoms with Crippen LogP contribution in [0.3, 0.4) is 0 Å². The van der Waals surface area contributed by atoms with Gasteiger partial charge in [0.25, 0.3) is 5.91 Å². The van der Waals surface area contributed by atoms with Gasteiger partial charge in [-0.15, -0.1) is 0 Å². The van der Waals surface area contributed by atoms with E-state index in [9.17, 15) is 4.79 Å². The fraction of sp³-hybridized carbons (Fsp3) is 0.562. The molecule has 0 N–H and O–H groups in total. The molecule has 0 saturated heterocycles. The van der Waals surface area contributed by atoms with Crippen molar-refractivity contribution in [1.29, 1.82) is 0 Å². The SMILES string of the molecule is COCCN(CCOC)C(=O)C(C)Oc1cccc(OC)c1. The molecule has 1 aromatic rings. The highest BCUT2D eigenvalue weighted by atomic mass is 16.5. The lowest BCUT2D eigenvalue weighted by Crippen LogP contribution is -2.43. The van der Waals surface area contributed by atoms with Crippen LogP contribution in [0.5, 0.6) is 11.5 Å². The van der Waals surface area contributed by atoms with Gasteiger partial charge in [0.2, 0.25) is 0 Å². The third-order valence-electron chi connectivity index (χ3n) is 3.14. The second kappa shape index (κ2) is 10.0. The number of amides is 1. The van der Waals surface area contributed by atoms with Crippen LogP contribution >= 0.6 is 0 Å². The molecule has 6 nitrogen and oxygen atoms in total. The first-order chi connectivity index (χ1) is 10.6. The molecule has 22 heavy (non-hydrogen) atoms. The highest BCUT2D eigenvalue weighted by Crippen LogP contribution is 2.20. The number of ether oxygens (including phenoxy) is 4. The predicted molar refractivity (Wildman–Crippen MR) is 83.4 cm³/mol. The Hall–Kier alpha value is -1.79. The number of hydrogen-bond donors (Lipinski definition) is 0. The quantitative estimate of drug-likeness (QED) is 0.657. The maximum atomic E-state index is 12.5. The van der Waals surface area contributed by atoms with E-state index in [1.165, 1.54) is 0 Å². The molecule has 0 aliphatic carbocycles. The van der Waals surface area contributed by atoms with Crippen LogP contribution in [0.4, 0.5) is 0 Å². The third kappa shape index (κ3) is 5.91. The van der Waals surface area contributed by atoms with Gasteiger partial charge in [-0.1, -0.05) is 6.07 Å². The van der Waals surface area contributed by atoms with Gasteiger partial charge >= 0.3 is 0 Å². The van der Waals surface area contributed by atoms with E-state index in [1.807, 2.05) is 12.1 Å². The number of carbonyl (C=O) groups is 1. The molecule has 1 amide bonds. The summed E-state index contributed by atoms with van der Waals surface area (Å²) >= 11 is 0. The summed E-state index contributed by atoms with van der Waals surface area (Å²) in [5.41, 5.74) is 0. The van der Waals surface area contributed by atoms with E-state index >= 15 is 0 Å². The second-order valence-corrected chi connectivity index (χ2v) is 4.75. The van der Waals surface area contributed by atoms with Crippen molar-refractivity contribution in [2.24, 2.45) is 0 Å². The van der Waals surface area contributed by atoms with E-state index in [1.54, 1.807) is 45.3 Å². The average Bonchev–Trinajstić information content (AvgIpc) is 2.54. The smallest absolute Gasteiger partial charge is 0.263 e. The van der Waals surface area contributed by atoms with Gasteiger partial charge in [-0.25, -0.2) is 0 Å². The minimum atomic E-state index is -0.596. The van der Waals surface area contributed by atoms with E-state index in [4.69, 9.17) is 18.9 Å². The van der Waals surface area contributed by atoms with Gasteiger partial charge in [0, 0.05) is 33.4 Å². The summed E-state index contributed by atoms with van der Waals surface area (Å²) in [6.45, 7) is 3.69. The Balaban J connectivity index is 2.66. The molecule has 1 aromatic carbocycles. The van der Waals surface area contributed by atoms with Crippen molar-refractivity contribution in [1.82, 2.24) is 4.90 Å². The van der Waals surface area contributed by atoms with Gasteiger partial charge in [0.05, 0.1) is 20.3 Å². The number of carbonyl (C=O) groups excluding carboxylic acids is 1. The summed E-state index contributed by atoms with van der Waals surface area (Å²) in [6, 6.07) is 7.18. The molecule has 0 aliphatic heterocycles. The van der Waals surface area contributed by atoms with Crippen LogP contribution in [0, 0.1) is 0 Å². The van der Waals surface area contributed by atoms with Crippen LogP contribution in [0.25, 0.3) is 0 Å². The Morgan fingerprint density at radius 2 is 1.68 bits per heavy atom. The largest absolute Gasteiger partial charge is 0.497 e. The maximum Gasteiger partial charge on any atom is 0.263 e. The zero-order chi connectivity index (χ0) is 16.4. The topological polar surface area (TPSA) is 57.2 Å². The molecule has 0 heterocycles. The summed E-state index contributed by atoms with van der Waals surface area (Å²) in [5.74, 6) is 1.18. The van der Waals surface area contributed by atoms with Gasteiger partial charge in [0.1, 0.15) is 11.5 Å². The summed E-state index contributed by atoms with van der Waals surface area (Å²) in [7, 11) is 4.80. The highest BCUT2D eigenvalue weighted by molar-refractivity contribution is 5.80. The molecule has 0 aromatic heterocycles. The summed E-state index contributed by atoms with van der Waals surface area (Å²) in [5, 5.41) is 0. The number of hydrogen-bond acceptors (Lipinski definition) is 5. The first kappa shape index (κ1) is 18.3. The molecule has 0 saturated carbocycles. The van der Waals surface area contributed by atoms with Crippen molar-refractivity contribution in [3.63, 3.8) is 0 Å². The van der Waals surface area contributed by atoms with Crippen LogP contribution in [0.2, 0.25) is 0 Å². The predicted octanol–water partition coefficient (Wildman–Crippen LogP) is 1.58. The molecular formula is C16H25NO5. The Kier molecular flexibility index (Phi) is 8.32. The van der Waals surface area contributed by atoms with E-state index in [0.29, 0.717) is 37.8 Å². The van der Waals surface area contributed by atoms with Gasteiger partial charge in [-0.05, 0) is 19.1 Å². The van der Waals surface area contributed by atoms with Crippen LogP contribution in [-0.4, -0.2) is 64.5 Å². The van der Waals surface area contributed by atoms with Gasteiger partial charge in [-0.3, -0.25) is 4.79 Å². The molecule has 0 bridgehead atoms. The van der Waals surface area contributed by atoms with Gasteiger partial charge in [0.15, 0.2) is 6.10 Å². The van der Waals surface area contributed by atoms with Crippen molar-refractivity contribution < 1.29 is 23.7 Å². The number of rotatable bonds is 10. The maximum absolute atomic E-state index is 12.5. The fourth-order valence-electron chi connectivity index (χ4n) is 1.92. The molecule has 0 radical (unpaired) electrons. The highest BCUT2D eigenvalue weighted by Gasteiger charge is 2.21. The molecule has 0 aliphatic rings. The minimum absolute atomic E-state index is 0.100. The first-order valence-corrected chi connectivity index (χ1v) is 7.19. The van der Waals surface area contributed by atoms with E-state index < -0.39 is 6.10 Å². The molecule has 1 atom stereocenters. The minimum Gasteiger partial charge on any atom is -0.497 e. The molecule has 0 spiro atoms. The number of nitrogens with zero attached hydrogens (tertiary/aromatic N) is 1. The monoisotopic (exact) mass is 311 g/mol. The lowest BCUT2D eigenvalue weighted by atomic mass is 10.3. The Labute approximate surface area is 131 Å². The number of methoxy groups -OCH3 is 3. The van der Waals surface area contributed by atoms with Crippen molar-refractivity contribution in [3.8, 4) is 11.5 Å². The summed E-state index contributed by atoms with van der Waals surface area (Å²) in [6.07, 6.45) is -0.596. The van der Waals surface area contributed by atoms with Crippen LogP contribution in [0.1, 0.15) is 6.92 Å². The van der Waals surface area contributed by atoms with Crippen molar-refractivity contribution >= 4 is 5.91 Å². The van der Waals surface area contributed by atoms with Crippen LogP contribution < -0.4 is 9.47 Å². The Morgan fingerprint density at radius 3 is 2.23 bits per heavy atom. The summed E-state index contributed by atoms with van der Waals surface area (Å²) in [4.78, 5) is 14.2. The Morgan fingerprint density at radius 1 is 1.09 bits per heavy atom. The molecule has 0 fully saturated rings. The number of benzene rings is 1. The molecule has 1 rings (SSSR count). The van der Waals surface area contributed by atoms with Crippen molar-refractivity contribution in [2.75, 3.05) is 47.6 Å². The molecule has 6 heteroatoms. The normalized spacial score (nSPS) is 11.8. The van der Waals surface area contributed by atoms with E-state index in [0.717, 1.165) is 0 Å². The summed E-state index contributed by atoms with van der Waals surface area (Å²) < 4.78 is 20.9. The first-order valence-electron chi connectivity index (χ1n) is 7.19. The Bertz CT molecular complexity index is 444. The molecule has 124 valence electrons. The van der Waals surface area contributed by atoms with Crippen molar-refractivity contribution in [2.45, 2.75) is 13.0 Å². The van der Waals surface area contributed by atoms with E-state index in [-0.39, 0.29) is 5.91 Å². The van der Waals surface area contributed by atoms with Gasteiger partial charge in [-0.2, -0.15) is 0 Å². The zero-order valence-electron chi connectivity index (χ0n) is 13.7. The molecule has 1 unspecified atom stereocenters. The molecular weight excluding hydrogens is 286 g/mol. The standard InChI is InChI=1S/C16H25NO5/c1-13(22-15-7-5-6-14(12-15)21-4)16(18)17(8-10-19-2)9-11-20-3/h5-7,12-13H,8-11H2,1-4H3. The van der Waals surface area contributed by atoms with Gasteiger partial charge < -0.3 is 23.8 Å². The van der Waals surface area contributed by atoms with Crippen LogP contribution in [0.15, 0.2) is 24.3 Å².